The monoisotopic (exact) mass is 325 g/mol. The van der Waals surface area contributed by atoms with Gasteiger partial charge in [-0.25, -0.2) is 4.98 Å². The highest BCUT2D eigenvalue weighted by Crippen LogP contribution is 2.33. The lowest BCUT2D eigenvalue weighted by Gasteiger charge is -2.14. The molecule has 0 radical (unpaired) electrons. The van der Waals surface area contributed by atoms with Crippen molar-refractivity contribution in [3.8, 4) is 5.75 Å². The maximum absolute atomic E-state index is 6.20. The number of benzene rings is 1. The summed E-state index contributed by atoms with van der Waals surface area (Å²) in [5, 5.41) is 7.22. The molecule has 21 heavy (non-hydrogen) atoms. The molecule has 1 aromatic carbocycles. The minimum Gasteiger partial charge on any atom is -0.492 e. The molecule has 0 unspecified atom stereocenters. The number of hydrogen-bond donors (Lipinski definition) is 2. The first-order valence-corrected chi connectivity index (χ1v) is 7.50. The van der Waals surface area contributed by atoms with Crippen LogP contribution in [0.5, 0.6) is 5.75 Å². The molecule has 0 amide bonds. The zero-order valence-corrected chi connectivity index (χ0v) is 13.4. The topological polar surface area (TPSA) is 46.2 Å². The molecule has 0 bridgehead atoms. The van der Waals surface area contributed by atoms with Crippen molar-refractivity contribution < 1.29 is 4.74 Å². The van der Waals surface area contributed by atoms with Gasteiger partial charge in [-0.3, -0.25) is 0 Å². The Bertz CT molecular complexity index is 620. The average molecular weight is 326 g/mol. The number of ether oxygens (including phenoxy) is 1. The van der Waals surface area contributed by atoms with E-state index in [9.17, 15) is 0 Å². The smallest absolute Gasteiger partial charge is 0.151 e. The van der Waals surface area contributed by atoms with Gasteiger partial charge in [0.15, 0.2) is 5.82 Å². The van der Waals surface area contributed by atoms with E-state index in [2.05, 4.69) is 15.6 Å². The molecule has 2 N–H and O–H groups in total. The van der Waals surface area contributed by atoms with Crippen molar-refractivity contribution >= 4 is 40.5 Å². The summed E-state index contributed by atoms with van der Waals surface area (Å²) in [4.78, 5) is 4.42. The number of para-hydroxylation sites is 2. The van der Waals surface area contributed by atoms with E-state index in [0.717, 1.165) is 18.0 Å². The number of pyridine rings is 1. The summed E-state index contributed by atoms with van der Waals surface area (Å²) >= 11 is 12.3. The van der Waals surface area contributed by atoms with Gasteiger partial charge < -0.3 is 15.4 Å². The van der Waals surface area contributed by atoms with E-state index in [4.69, 9.17) is 27.9 Å². The van der Waals surface area contributed by atoms with Crippen LogP contribution in [0.25, 0.3) is 0 Å². The van der Waals surface area contributed by atoms with E-state index >= 15 is 0 Å². The largest absolute Gasteiger partial charge is 0.492 e. The molecule has 112 valence electrons. The van der Waals surface area contributed by atoms with Crippen molar-refractivity contribution in [3.05, 3.63) is 40.4 Å². The van der Waals surface area contributed by atoms with Gasteiger partial charge in [0.25, 0.3) is 0 Å². The van der Waals surface area contributed by atoms with Crippen molar-refractivity contribution in [2.45, 2.75) is 13.8 Å². The molecule has 0 saturated carbocycles. The molecule has 0 aliphatic carbocycles. The fourth-order valence-corrected chi connectivity index (χ4v) is 2.30. The van der Waals surface area contributed by atoms with Crippen LogP contribution in [0.4, 0.5) is 17.3 Å². The second kappa shape index (κ2) is 7.38. The maximum atomic E-state index is 6.20. The van der Waals surface area contributed by atoms with Crippen molar-refractivity contribution in [3.63, 3.8) is 0 Å². The lowest BCUT2D eigenvalue weighted by Crippen LogP contribution is -2.04. The minimum atomic E-state index is 0.452. The quantitative estimate of drug-likeness (QED) is 0.787. The molecule has 1 aromatic heterocycles. The Balaban J connectivity index is 2.33. The number of nitrogens with zero attached hydrogens (tertiary/aromatic N) is 1. The van der Waals surface area contributed by atoms with Gasteiger partial charge in [-0.1, -0.05) is 35.3 Å². The van der Waals surface area contributed by atoms with E-state index in [0.29, 0.717) is 28.3 Å². The van der Waals surface area contributed by atoms with Gasteiger partial charge in [0.1, 0.15) is 11.6 Å². The van der Waals surface area contributed by atoms with Crippen molar-refractivity contribution in [1.82, 2.24) is 4.98 Å². The number of hydrogen-bond acceptors (Lipinski definition) is 4. The van der Waals surface area contributed by atoms with Gasteiger partial charge in [0.2, 0.25) is 0 Å². The number of nitrogens with one attached hydrogen (secondary N) is 2. The highest BCUT2D eigenvalue weighted by molar-refractivity contribution is 6.37. The van der Waals surface area contributed by atoms with Crippen LogP contribution in [0.1, 0.15) is 13.8 Å². The third kappa shape index (κ3) is 3.93. The van der Waals surface area contributed by atoms with Crippen LogP contribution in [0.3, 0.4) is 0 Å². The Kier molecular flexibility index (Phi) is 5.53. The molecular weight excluding hydrogens is 309 g/mol. The van der Waals surface area contributed by atoms with Crippen LogP contribution in [0.2, 0.25) is 10.0 Å². The second-order valence-electron chi connectivity index (χ2n) is 4.23. The third-order valence-corrected chi connectivity index (χ3v) is 3.29. The molecule has 0 saturated heterocycles. The first kappa shape index (κ1) is 15.7. The van der Waals surface area contributed by atoms with Crippen LogP contribution in [0.15, 0.2) is 30.3 Å². The third-order valence-electron chi connectivity index (χ3n) is 2.71. The Morgan fingerprint density at radius 1 is 1.10 bits per heavy atom. The van der Waals surface area contributed by atoms with E-state index < -0.39 is 0 Å². The summed E-state index contributed by atoms with van der Waals surface area (Å²) in [6.07, 6.45) is 0. The SMILES string of the molecule is CCNc1nc(Nc2ccccc2OCC)c(Cl)cc1Cl. The predicted octanol–water partition coefficient (Wildman–Crippen LogP) is 4.96. The fourth-order valence-electron chi connectivity index (χ4n) is 1.82. The van der Waals surface area contributed by atoms with Gasteiger partial charge in [-0.15, -0.1) is 0 Å². The van der Waals surface area contributed by atoms with Gasteiger partial charge >= 0.3 is 0 Å². The number of rotatable bonds is 6. The van der Waals surface area contributed by atoms with E-state index in [1.54, 1.807) is 6.07 Å². The van der Waals surface area contributed by atoms with E-state index in [1.165, 1.54) is 0 Å². The van der Waals surface area contributed by atoms with Crippen LogP contribution < -0.4 is 15.4 Å². The lowest BCUT2D eigenvalue weighted by atomic mass is 10.3. The second-order valence-corrected chi connectivity index (χ2v) is 5.05. The highest BCUT2D eigenvalue weighted by atomic mass is 35.5. The number of anilines is 3. The van der Waals surface area contributed by atoms with E-state index in [1.807, 2.05) is 38.1 Å². The maximum Gasteiger partial charge on any atom is 0.151 e. The molecule has 2 rings (SSSR count). The summed E-state index contributed by atoms with van der Waals surface area (Å²) in [7, 11) is 0. The molecular formula is C15H17Cl2N3O. The summed E-state index contributed by atoms with van der Waals surface area (Å²) in [5.41, 5.74) is 0.804. The molecule has 0 aliphatic rings. The molecule has 0 aliphatic heterocycles. The fraction of sp³-hybridized carbons (Fsp3) is 0.267. The number of halogens is 2. The lowest BCUT2D eigenvalue weighted by molar-refractivity contribution is 0.342. The molecule has 0 spiro atoms. The summed E-state index contributed by atoms with van der Waals surface area (Å²) in [6.45, 7) is 5.23. The van der Waals surface area contributed by atoms with Gasteiger partial charge in [-0.05, 0) is 32.0 Å². The Morgan fingerprint density at radius 3 is 2.52 bits per heavy atom. The Hall–Kier alpha value is -1.65. The molecule has 0 fully saturated rings. The zero-order valence-electron chi connectivity index (χ0n) is 11.9. The molecule has 0 atom stereocenters. The van der Waals surface area contributed by atoms with Gasteiger partial charge in [-0.2, -0.15) is 0 Å². The van der Waals surface area contributed by atoms with Crippen LogP contribution in [0, 0.1) is 0 Å². The zero-order chi connectivity index (χ0) is 15.2. The van der Waals surface area contributed by atoms with Crippen molar-refractivity contribution in [1.29, 1.82) is 0 Å². The molecule has 2 aromatic rings. The van der Waals surface area contributed by atoms with Gasteiger partial charge in [0.05, 0.1) is 22.3 Å². The van der Waals surface area contributed by atoms with Gasteiger partial charge in [0, 0.05) is 6.54 Å². The predicted molar refractivity (Wildman–Crippen MR) is 89.3 cm³/mol. The first-order chi connectivity index (χ1) is 10.2. The average Bonchev–Trinajstić information content (AvgIpc) is 2.46. The van der Waals surface area contributed by atoms with E-state index in [-0.39, 0.29) is 0 Å². The summed E-state index contributed by atoms with van der Waals surface area (Å²) in [6, 6.07) is 9.29. The minimum absolute atomic E-state index is 0.452. The van der Waals surface area contributed by atoms with Crippen molar-refractivity contribution in [2.24, 2.45) is 0 Å². The summed E-state index contributed by atoms with van der Waals surface area (Å²) in [5.74, 6) is 1.88. The van der Waals surface area contributed by atoms with Crippen LogP contribution in [-0.2, 0) is 0 Å². The standard InChI is InChI=1S/C15H17Cl2N3O/c1-3-18-14-10(16)9-11(17)15(20-14)19-12-7-5-6-8-13(12)21-4-2/h5-9H,3-4H2,1-2H3,(H2,18,19,20). The summed E-state index contributed by atoms with van der Waals surface area (Å²) < 4.78 is 5.58. The first-order valence-electron chi connectivity index (χ1n) is 6.74. The Labute approximate surface area is 134 Å². The Morgan fingerprint density at radius 2 is 1.81 bits per heavy atom. The molecule has 1 heterocycles. The normalized spacial score (nSPS) is 10.3. The van der Waals surface area contributed by atoms with Crippen LogP contribution >= 0.6 is 23.2 Å². The van der Waals surface area contributed by atoms with Crippen LogP contribution in [-0.4, -0.2) is 18.1 Å². The molecule has 4 nitrogen and oxygen atoms in total. The number of aromatic nitrogens is 1. The van der Waals surface area contributed by atoms with Crippen molar-refractivity contribution in [2.75, 3.05) is 23.8 Å². The molecule has 6 heteroatoms. The highest BCUT2D eigenvalue weighted by Gasteiger charge is 2.11.